The van der Waals surface area contributed by atoms with Crippen molar-refractivity contribution in [1.82, 2.24) is 9.80 Å². The number of benzene rings is 2. The molecule has 2 aromatic rings. The number of hydrogen-bond acceptors (Lipinski definition) is 5. The lowest BCUT2D eigenvalue weighted by Gasteiger charge is -2.36. The van der Waals surface area contributed by atoms with Crippen LogP contribution in [0.15, 0.2) is 60.7 Å². The number of nitrogens with zero attached hydrogens (tertiary/aromatic N) is 2. The summed E-state index contributed by atoms with van der Waals surface area (Å²) in [7, 11) is 1.63. The molecule has 0 saturated carbocycles. The highest BCUT2D eigenvalue weighted by molar-refractivity contribution is 5.94. The van der Waals surface area contributed by atoms with Crippen LogP contribution in [0.25, 0.3) is 0 Å². The van der Waals surface area contributed by atoms with E-state index >= 15 is 0 Å². The zero-order valence-electron chi connectivity index (χ0n) is 16.9. The Balaban J connectivity index is 1.59. The minimum absolute atomic E-state index is 0.0207. The zero-order valence-corrected chi connectivity index (χ0v) is 16.9. The molecule has 156 valence electrons. The second-order valence-corrected chi connectivity index (χ2v) is 7.29. The molecule has 0 radical (unpaired) electrons. The normalized spacial score (nSPS) is 18.3. The third-order valence-electron chi connectivity index (χ3n) is 5.14. The minimum Gasteiger partial charge on any atom is -0.387 e. The predicted molar refractivity (Wildman–Crippen MR) is 112 cm³/mol. The van der Waals surface area contributed by atoms with Crippen molar-refractivity contribution < 1.29 is 19.4 Å². The molecule has 1 saturated heterocycles. The molecule has 2 unspecified atom stereocenters. The number of rotatable bonds is 9. The SMILES string of the molecule is COCCN(CC1CN(CC(O)c2ccccc2)CCO1)C(=O)c1ccccc1. The van der Waals surface area contributed by atoms with E-state index in [0.29, 0.717) is 45.0 Å². The van der Waals surface area contributed by atoms with Crippen LogP contribution in [0, 0.1) is 0 Å². The zero-order chi connectivity index (χ0) is 20.5. The smallest absolute Gasteiger partial charge is 0.254 e. The molecule has 0 spiro atoms. The van der Waals surface area contributed by atoms with Gasteiger partial charge in [-0.1, -0.05) is 48.5 Å². The second kappa shape index (κ2) is 11.1. The van der Waals surface area contributed by atoms with E-state index in [4.69, 9.17) is 9.47 Å². The van der Waals surface area contributed by atoms with Crippen LogP contribution < -0.4 is 0 Å². The Bertz CT molecular complexity index is 741. The molecule has 0 bridgehead atoms. The van der Waals surface area contributed by atoms with Crippen molar-refractivity contribution in [3.8, 4) is 0 Å². The number of ether oxygens (including phenoxy) is 2. The first kappa shape index (κ1) is 21.5. The van der Waals surface area contributed by atoms with Crippen molar-refractivity contribution in [2.24, 2.45) is 0 Å². The van der Waals surface area contributed by atoms with Gasteiger partial charge in [-0.3, -0.25) is 9.69 Å². The van der Waals surface area contributed by atoms with Crippen molar-refractivity contribution >= 4 is 5.91 Å². The molecule has 6 nitrogen and oxygen atoms in total. The maximum Gasteiger partial charge on any atom is 0.254 e. The van der Waals surface area contributed by atoms with Gasteiger partial charge in [0.05, 0.1) is 25.4 Å². The molecule has 0 aliphatic carbocycles. The molecule has 1 N–H and O–H groups in total. The highest BCUT2D eigenvalue weighted by atomic mass is 16.5. The highest BCUT2D eigenvalue weighted by Crippen LogP contribution is 2.17. The lowest BCUT2D eigenvalue weighted by Crippen LogP contribution is -2.50. The Morgan fingerprint density at radius 3 is 2.59 bits per heavy atom. The Hall–Kier alpha value is -2.25. The topological polar surface area (TPSA) is 62.2 Å². The Morgan fingerprint density at radius 2 is 1.90 bits per heavy atom. The van der Waals surface area contributed by atoms with Gasteiger partial charge in [0.15, 0.2) is 0 Å². The monoisotopic (exact) mass is 398 g/mol. The maximum absolute atomic E-state index is 12.9. The van der Waals surface area contributed by atoms with Crippen LogP contribution in [0.5, 0.6) is 0 Å². The van der Waals surface area contributed by atoms with Gasteiger partial charge in [-0.25, -0.2) is 0 Å². The molecular weight excluding hydrogens is 368 g/mol. The molecule has 0 aromatic heterocycles. The lowest BCUT2D eigenvalue weighted by molar-refractivity contribution is -0.0519. The van der Waals surface area contributed by atoms with Crippen LogP contribution >= 0.6 is 0 Å². The van der Waals surface area contributed by atoms with Crippen molar-refractivity contribution in [2.45, 2.75) is 12.2 Å². The predicted octanol–water partition coefficient (Wildman–Crippen LogP) is 2.21. The number of aliphatic hydroxyl groups excluding tert-OH is 1. The average Bonchev–Trinajstić information content (AvgIpc) is 2.77. The first-order chi connectivity index (χ1) is 14.2. The summed E-state index contributed by atoms with van der Waals surface area (Å²) >= 11 is 0. The van der Waals surface area contributed by atoms with Crippen LogP contribution in [0.2, 0.25) is 0 Å². The van der Waals surface area contributed by atoms with Crippen LogP contribution in [0.4, 0.5) is 0 Å². The van der Waals surface area contributed by atoms with Gasteiger partial charge in [0.2, 0.25) is 0 Å². The Kier molecular flexibility index (Phi) is 8.19. The molecule has 29 heavy (non-hydrogen) atoms. The summed E-state index contributed by atoms with van der Waals surface area (Å²) < 4.78 is 11.1. The molecule has 1 aliphatic heterocycles. The molecular formula is C23H30N2O4. The number of hydrogen-bond donors (Lipinski definition) is 1. The largest absolute Gasteiger partial charge is 0.387 e. The molecule has 3 rings (SSSR count). The fourth-order valence-electron chi connectivity index (χ4n) is 3.57. The number of carbonyl (C=O) groups excluding carboxylic acids is 1. The van der Waals surface area contributed by atoms with E-state index in [1.54, 1.807) is 12.0 Å². The van der Waals surface area contributed by atoms with Gasteiger partial charge >= 0.3 is 0 Å². The number of amides is 1. The second-order valence-electron chi connectivity index (χ2n) is 7.29. The maximum atomic E-state index is 12.9. The summed E-state index contributed by atoms with van der Waals surface area (Å²) in [5.74, 6) is -0.0207. The summed E-state index contributed by atoms with van der Waals surface area (Å²) in [6, 6.07) is 19.0. The number of aliphatic hydroxyl groups is 1. The van der Waals surface area contributed by atoms with Gasteiger partial charge in [-0.2, -0.15) is 0 Å². The van der Waals surface area contributed by atoms with Crippen LogP contribution in [-0.4, -0.2) is 80.0 Å². The van der Waals surface area contributed by atoms with E-state index in [-0.39, 0.29) is 12.0 Å². The standard InChI is InChI=1S/C23H30N2O4/c1-28-14-13-25(23(27)20-10-6-3-7-11-20)17-21-16-24(12-15-29-21)18-22(26)19-8-4-2-5-9-19/h2-11,21-22,26H,12-18H2,1H3. The quantitative estimate of drug-likeness (QED) is 0.702. The molecule has 1 aliphatic rings. The first-order valence-electron chi connectivity index (χ1n) is 10.1. The number of morpholine rings is 1. The van der Waals surface area contributed by atoms with Crippen molar-refractivity contribution in [3.05, 3.63) is 71.8 Å². The third kappa shape index (κ3) is 6.37. The number of methoxy groups -OCH3 is 1. The highest BCUT2D eigenvalue weighted by Gasteiger charge is 2.26. The van der Waals surface area contributed by atoms with E-state index in [1.807, 2.05) is 60.7 Å². The average molecular weight is 399 g/mol. The molecule has 1 heterocycles. The summed E-state index contributed by atoms with van der Waals surface area (Å²) in [6.45, 7) is 4.06. The molecule has 6 heteroatoms. The van der Waals surface area contributed by atoms with Gasteiger partial charge in [-0.15, -0.1) is 0 Å². The summed E-state index contributed by atoms with van der Waals surface area (Å²) in [5.41, 5.74) is 1.58. The van der Waals surface area contributed by atoms with Crippen molar-refractivity contribution in [1.29, 1.82) is 0 Å². The fraction of sp³-hybridized carbons (Fsp3) is 0.435. The van der Waals surface area contributed by atoms with Gasteiger partial charge in [-0.05, 0) is 17.7 Å². The van der Waals surface area contributed by atoms with Gasteiger partial charge in [0.1, 0.15) is 0 Å². The molecule has 1 fully saturated rings. The molecule has 2 atom stereocenters. The van der Waals surface area contributed by atoms with Gasteiger partial charge in [0.25, 0.3) is 5.91 Å². The summed E-state index contributed by atoms with van der Waals surface area (Å²) in [4.78, 5) is 16.9. The van der Waals surface area contributed by atoms with Crippen LogP contribution in [-0.2, 0) is 9.47 Å². The van der Waals surface area contributed by atoms with E-state index in [2.05, 4.69) is 4.90 Å². The summed E-state index contributed by atoms with van der Waals surface area (Å²) in [5, 5.41) is 10.5. The lowest BCUT2D eigenvalue weighted by atomic mass is 10.1. The third-order valence-corrected chi connectivity index (χ3v) is 5.14. The van der Waals surface area contributed by atoms with Crippen LogP contribution in [0.1, 0.15) is 22.0 Å². The first-order valence-corrected chi connectivity index (χ1v) is 10.1. The fourth-order valence-corrected chi connectivity index (χ4v) is 3.57. The van der Waals surface area contributed by atoms with E-state index in [9.17, 15) is 9.90 Å². The Morgan fingerprint density at radius 1 is 1.21 bits per heavy atom. The number of β-amino-alcohol motifs (C(OH)–C–C–N with tert-alkyl or cyclic N) is 1. The molecule has 1 amide bonds. The van der Waals surface area contributed by atoms with E-state index in [0.717, 1.165) is 12.1 Å². The van der Waals surface area contributed by atoms with Crippen LogP contribution in [0.3, 0.4) is 0 Å². The van der Waals surface area contributed by atoms with Gasteiger partial charge in [0, 0.05) is 45.4 Å². The van der Waals surface area contributed by atoms with Crippen molar-refractivity contribution in [3.63, 3.8) is 0 Å². The molecule has 2 aromatic carbocycles. The number of carbonyl (C=O) groups is 1. The van der Waals surface area contributed by atoms with E-state index < -0.39 is 6.10 Å². The van der Waals surface area contributed by atoms with E-state index in [1.165, 1.54) is 0 Å². The van der Waals surface area contributed by atoms with Gasteiger partial charge < -0.3 is 19.5 Å². The Labute approximate surface area is 172 Å². The van der Waals surface area contributed by atoms with Crippen molar-refractivity contribution in [2.75, 3.05) is 53.0 Å². The minimum atomic E-state index is -0.537. The summed E-state index contributed by atoms with van der Waals surface area (Å²) in [6.07, 6.45) is -0.637.